The molecule has 0 atom stereocenters. The Labute approximate surface area is 167 Å². The molecule has 0 bridgehead atoms. The lowest BCUT2D eigenvalue weighted by molar-refractivity contribution is -0.137. The van der Waals surface area contributed by atoms with Crippen molar-refractivity contribution in [1.82, 2.24) is 10.2 Å². The van der Waals surface area contributed by atoms with Gasteiger partial charge in [-0.1, -0.05) is 35.6 Å². The number of halogens is 3. The van der Waals surface area contributed by atoms with Crippen molar-refractivity contribution in [2.75, 3.05) is 10.6 Å². The van der Waals surface area contributed by atoms with Crippen LogP contribution in [0.3, 0.4) is 0 Å². The van der Waals surface area contributed by atoms with E-state index in [-0.39, 0.29) is 23.5 Å². The normalized spacial score (nSPS) is 11.1. The number of carbonyl (C=O) groups excluding carboxylic acids is 2. The molecule has 0 aliphatic carbocycles. The molecule has 0 fully saturated rings. The third-order valence-electron chi connectivity index (χ3n) is 3.73. The van der Waals surface area contributed by atoms with Crippen LogP contribution in [0.15, 0.2) is 54.6 Å². The Morgan fingerprint density at radius 1 is 0.931 bits per heavy atom. The first kappa shape index (κ1) is 20.5. The maximum atomic E-state index is 12.7. The lowest BCUT2D eigenvalue weighted by Gasteiger charge is -2.09. The molecule has 1 heterocycles. The van der Waals surface area contributed by atoms with Crippen LogP contribution in [0.25, 0.3) is 0 Å². The quantitative estimate of drug-likeness (QED) is 0.620. The first-order chi connectivity index (χ1) is 13.8. The Morgan fingerprint density at radius 2 is 1.66 bits per heavy atom. The van der Waals surface area contributed by atoms with Gasteiger partial charge in [0.2, 0.25) is 10.9 Å². The Balaban J connectivity index is 1.53. The summed E-state index contributed by atoms with van der Waals surface area (Å²) in [5.41, 5.74) is -0.159. The van der Waals surface area contributed by atoms with Crippen molar-refractivity contribution in [3.63, 3.8) is 0 Å². The Bertz CT molecular complexity index is 1010. The molecule has 0 aliphatic heterocycles. The minimum Gasteiger partial charge on any atom is -0.326 e. The molecule has 6 nitrogen and oxygen atoms in total. The van der Waals surface area contributed by atoms with E-state index in [4.69, 9.17) is 0 Å². The van der Waals surface area contributed by atoms with Crippen LogP contribution in [0.1, 0.15) is 26.8 Å². The standard InChI is InChI=1S/C19H15F3N4O2S/c20-19(21,22)12-5-4-8-14(11-12)23-15(27)9-10-16-25-26-18(29-16)17(28)24-13-6-2-1-3-7-13/h1-8,11H,9-10H2,(H,23,27)(H,24,28). The molecule has 0 aliphatic rings. The Kier molecular flexibility index (Phi) is 6.23. The third kappa shape index (κ3) is 5.85. The number of hydrogen-bond donors (Lipinski definition) is 2. The fourth-order valence-electron chi connectivity index (χ4n) is 2.37. The molecule has 10 heteroatoms. The van der Waals surface area contributed by atoms with E-state index in [0.717, 1.165) is 23.5 Å². The van der Waals surface area contributed by atoms with Crippen molar-refractivity contribution in [2.24, 2.45) is 0 Å². The van der Waals surface area contributed by atoms with E-state index in [1.165, 1.54) is 12.1 Å². The van der Waals surface area contributed by atoms with Crippen molar-refractivity contribution in [1.29, 1.82) is 0 Å². The molecule has 3 aromatic rings. The van der Waals surface area contributed by atoms with Crippen molar-refractivity contribution < 1.29 is 22.8 Å². The van der Waals surface area contributed by atoms with E-state index in [2.05, 4.69) is 20.8 Å². The van der Waals surface area contributed by atoms with Gasteiger partial charge in [-0.2, -0.15) is 13.2 Å². The summed E-state index contributed by atoms with van der Waals surface area (Å²) in [4.78, 5) is 24.2. The summed E-state index contributed by atoms with van der Waals surface area (Å²) < 4.78 is 38.2. The highest BCUT2D eigenvalue weighted by Crippen LogP contribution is 2.30. The smallest absolute Gasteiger partial charge is 0.326 e. The number of aromatic nitrogens is 2. The summed E-state index contributed by atoms with van der Waals surface area (Å²) in [6, 6.07) is 13.3. The van der Waals surface area contributed by atoms with Crippen LogP contribution in [-0.4, -0.2) is 22.0 Å². The first-order valence-electron chi connectivity index (χ1n) is 8.47. The van der Waals surface area contributed by atoms with Crippen LogP contribution < -0.4 is 10.6 Å². The summed E-state index contributed by atoms with van der Waals surface area (Å²) in [5.74, 6) is -0.872. The summed E-state index contributed by atoms with van der Waals surface area (Å²) in [6.07, 6.45) is -4.28. The molecule has 2 amide bonds. The second-order valence-corrected chi connectivity index (χ2v) is 7.01. The summed E-state index contributed by atoms with van der Waals surface area (Å²) in [7, 11) is 0. The highest BCUT2D eigenvalue weighted by atomic mass is 32.1. The minimum absolute atomic E-state index is 0.00875. The van der Waals surface area contributed by atoms with E-state index in [1.54, 1.807) is 24.3 Å². The minimum atomic E-state index is -4.48. The molecule has 0 spiro atoms. The maximum absolute atomic E-state index is 12.7. The molecule has 1 aromatic heterocycles. The molecule has 3 rings (SSSR count). The fraction of sp³-hybridized carbons (Fsp3) is 0.158. The van der Waals surface area contributed by atoms with E-state index < -0.39 is 23.6 Å². The predicted octanol–water partition coefficient (Wildman–Crippen LogP) is 4.38. The predicted molar refractivity (Wildman–Crippen MR) is 103 cm³/mol. The van der Waals surface area contributed by atoms with Crippen LogP contribution in [-0.2, 0) is 17.4 Å². The van der Waals surface area contributed by atoms with Gasteiger partial charge in [0, 0.05) is 24.2 Å². The molecule has 150 valence electrons. The molecule has 2 N–H and O–H groups in total. The molecule has 0 unspecified atom stereocenters. The molecular formula is C19H15F3N4O2S. The van der Waals surface area contributed by atoms with E-state index >= 15 is 0 Å². The van der Waals surface area contributed by atoms with Crippen molar-refractivity contribution in [3.05, 3.63) is 70.2 Å². The van der Waals surface area contributed by atoms with Crippen LogP contribution in [0.4, 0.5) is 24.5 Å². The van der Waals surface area contributed by atoms with Gasteiger partial charge >= 0.3 is 6.18 Å². The molecule has 2 aromatic carbocycles. The zero-order valence-corrected chi connectivity index (χ0v) is 15.7. The summed E-state index contributed by atoms with van der Waals surface area (Å²) >= 11 is 1.05. The molecule has 0 radical (unpaired) electrons. The second-order valence-electron chi connectivity index (χ2n) is 5.95. The number of rotatable bonds is 6. The number of hydrogen-bond acceptors (Lipinski definition) is 5. The number of amides is 2. The van der Waals surface area contributed by atoms with Gasteiger partial charge in [0.25, 0.3) is 5.91 Å². The SMILES string of the molecule is O=C(CCc1nnc(C(=O)Nc2ccccc2)s1)Nc1cccc(C(F)(F)F)c1. The average Bonchev–Trinajstić information content (AvgIpc) is 3.16. The number of carbonyl (C=O) groups is 2. The number of aryl methyl sites for hydroxylation is 1. The summed E-state index contributed by atoms with van der Waals surface area (Å²) in [5, 5.41) is 13.4. The maximum Gasteiger partial charge on any atom is 0.416 e. The molecule has 0 saturated heterocycles. The highest BCUT2D eigenvalue weighted by molar-refractivity contribution is 7.13. The van der Waals surface area contributed by atoms with Crippen LogP contribution in [0.2, 0.25) is 0 Å². The third-order valence-corrected chi connectivity index (χ3v) is 4.71. The first-order valence-corrected chi connectivity index (χ1v) is 9.29. The van der Waals surface area contributed by atoms with Gasteiger partial charge < -0.3 is 10.6 Å². The summed E-state index contributed by atoms with van der Waals surface area (Å²) in [6.45, 7) is 0. The molecule has 29 heavy (non-hydrogen) atoms. The van der Waals surface area contributed by atoms with Gasteiger partial charge in [0.1, 0.15) is 5.01 Å². The number of nitrogens with zero attached hydrogens (tertiary/aromatic N) is 2. The topological polar surface area (TPSA) is 84.0 Å². The lowest BCUT2D eigenvalue weighted by Crippen LogP contribution is -2.13. The second kappa shape index (κ2) is 8.82. The zero-order chi connectivity index (χ0) is 20.9. The van der Waals surface area contributed by atoms with Crippen molar-refractivity contribution in [2.45, 2.75) is 19.0 Å². The van der Waals surface area contributed by atoms with Gasteiger partial charge in [-0.3, -0.25) is 9.59 Å². The van der Waals surface area contributed by atoms with Gasteiger partial charge in [-0.15, -0.1) is 10.2 Å². The van der Waals surface area contributed by atoms with Gasteiger partial charge in [0.15, 0.2) is 0 Å². The van der Waals surface area contributed by atoms with Crippen molar-refractivity contribution in [3.8, 4) is 0 Å². The van der Waals surface area contributed by atoms with Gasteiger partial charge in [-0.25, -0.2) is 0 Å². The Hall–Kier alpha value is -3.27. The number of nitrogens with one attached hydrogen (secondary N) is 2. The number of alkyl halides is 3. The molecule has 0 saturated carbocycles. The number of benzene rings is 2. The Morgan fingerprint density at radius 3 is 2.38 bits per heavy atom. The van der Waals surface area contributed by atoms with E-state index in [9.17, 15) is 22.8 Å². The average molecular weight is 420 g/mol. The monoisotopic (exact) mass is 420 g/mol. The largest absolute Gasteiger partial charge is 0.416 e. The van der Waals surface area contributed by atoms with Crippen LogP contribution >= 0.6 is 11.3 Å². The highest BCUT2D eigenvalue weighted by Gasteiger charge is 2.30. The van der Waals surface area contributed by atoms with E-state index in [0.29, 0.717) is 10.7 Å². The molecular weight excluding hydrogens is 405 g/mol. The lowest BCUT2D eigenvalue weighted by atomic mass is 10.2. The van der Waals surface area contributed by atoms with Crippen LogP contribution in [0.5, 0.6) is 0 Å². The van der Waals surface area contributed by atoms with Crippen molar-refractivity contribution >= 4 is 34.5 Å². The number of anilines is 2. The number of para-hydroxylation sites is 1. The fourth-order valence-corrected chi connectivity index (χ4v) is 3.10. The zero-order valence-electron chi connectivity index (χ0n) is 14.9. The van der Waals surface area contributed by atoms with Crippen LogP contribution in [0, 0.1) is 0 Å². The van der Waals surface area contributed by atoms with E-state index in [1.807, 2.05) is 6.07 Å². The van der Waals surface area contributed by atoms with Gasteiger partial charge in [-0.05, 0) is 30.3 Å². The van der Waals surface area contributed by atoms with Gasteiger partial charge in [0.05, 0.1) is 5.56 Å².